The SMILES string of the molecule is CCCCCCCCCCCCCC(=O)O[C@H](COC(=O)CCCCCCC)COP(=O)(O)OC[C@H](O)COP(=O)(O)OC[C@@H](COC(=O)CCCCCCCCCCCC(C)C)OC(=O)CCCCCCCCCCCCCCCCCCC(C)C. The van der Waals surface area contributed by atoms with Crippen molar-refractivity contribution in [2.24, 2.45) is 11.8 Å². The summed E-state index contributed by atoms with van der Waals surface area (Å²) in [6.45, 7) is 9.45. The molecule has 0 fully saturated rings. The summed E-state index contributed by atoms with van der Waals surface area (Å²) in [4.78, 5) is 72.1. The molecule has 0 saturated heterocycles. The van der Waals surface area contributed by atoms with Crippen LogP contribution < -0.4 is 0 Å². The average Bonchev–Trinajstić information content (AvgIpc) is 3.68. The van der Waals surface area contributed by atoms with Gasteiger partial charge in [-0.05, 0) is 37.5 Å². The summed E-state index contributed by atoms with van der Waals surface area (Å²) in [7, 11) is -9.88. The van der Waals surface area contributed by atoms with E-state index in [0.29, 0.717) is 25.7 Å². The van der Waals surface area contributed by atoms with E-state index in [4.69, 9.17) is 37.0 Å². The molecule has 0 aromatic rings. The molecular weight excluding hydrogens is 1150 g/mol. The highest BCUT2D eigenvalue weighted by Gasteiger charge is 2.30. The molecule has 5 atom stereocenters. The number of phosphoric acid groups is 2. The van der Waals surface area contributed by atoms with E-state index in [9.17, 15) is 43.2 Å². The van der Waals surface area contributed by atoms with Gasteiger partial charge < -0.3 is 33.8 Å². The van der Waals surface area contributed by atoms with Crippen molar-refractivity contribution < 1.29 is 80.2 Å². The van der Waals surface area contributed by atoms with Crippen LogP contribution in [0.25, 0.3) is 0 Å². The summed E-state index contributed by atoms with van der Waals surface area (Å²) >= 11 is 0. The van der Waals surface area contributed by atoms with Gasteiger partial charge >= 0.3 is 39.5 Å². The molecule has 0 radical (unpaired) electrons. The molecule has 0 aliphatic carbocycles. The molecule has 0 heterocycles. The third-order valence-corrected chi connectivity index (χ3v) is 17.6. The molecule has 0 spiro atoms. The lowest BCUT2D eigenvalue weighted by Crippen LogP contribution is -2.30. The van der Waals surface area contributed by atoms with Crippen LogP contribution in [0.4, 0.5) is 0 Å². The molecule has 0 aliphatic heterocycles. The van der Waals surface area contributed by atoms with Crippen LogP contribution in [-0.2, 0) is 65.4 Å². The Morgan fingerprint density at radius 2 is 0.529 bits per heavy atom. The second-order valence-corrected chi connectivity index (χ2v) is 28.4. The van der Waals surface area contributed by atoms with Gasteiger partial charge in [-0.3, -0.25) is 37.3 Å². The summed E-state index contributed by atoms with van der Waals surface area (Å²) in [5.74, 6) is -0.585. The Bertz CT molecular complexity index is 1700. The van der Waals surface area contributed by atoms with Gasteiger partial charge in [-0.1, -0.05) is 292 Å². The van der Waals surface area contributed by atoms with Gasteiger partial charge in [-0.25, -0.2) is 9.13 Å². The van der Waals surface area contributed by atoms with Gasteiger partial charge in [-0.15, -0.1) is 0 Å². The van der Waals surface area contributed by atoms with E-state index in [-0.39, 0.29) is 25.7 Å². The third-order valence-electron chi connectivity index (χ3n) is 15.7. The van der Waals surface area contributed by atoms with Crippen LogP contribution >= 0.6 is 15.6 Å². The molecule has 0 aromatic carbocycles. The summed E-state index contributed by atoms with van der Waals surface area (Å²) in [6, 6.07) is 0. The van der Waals surface area contributed by atoms with Gasteiger partial charge in [0.15, 0.2) is 12.2 Å². The fourth-order valence-electron chi connectivity index (χ4n) is 10.2. The maximum Gasteiger partial charge on any atom is 0.472 e. The molecule has 0 aromatic heterocycles. The highest BCUT2D eigenvalue weighted by atomic mass is 31.2. The Morgan fingerprint density at radius 3 is 0.782 bits per heavy atom. The molecule has 2 unspecified atom stereocenters. The zero-order valence-electron chi connectivity index (χ0n) is 56.3. The zero-order chi connectivity index (χ0) is 64.3. The maximum absolute atomic E-state index is 13.0. The number of phosphoric ester groups is 2. The number of unbranched alkanes of at least 4 members (excludes halogenated alkanes) is 37. The Labute approximate surface area is 530 Å². The average molecular weight is 1280 g/mol. The Morgan fingerprint density at radius 1 is 0.310 bits per heavy atom. The predicted octanol–water partition coefficient (Wildman–Crippen LogP) is 19.2. The molecule has 0 bridgehead atoms. The Balaban J connectivity index is 5.13. The first-order chi connectivity index (χ1) is 41.9. The molecule has 0 aliphatic rings. The third kappa shape index (κ3) is 62.6. The fourth-order valence-corrected chi connectivity index (χ4v) is 11.8. The molecule has 0 amide bonds. The highest BCUT2D eigenvalue weighted by molar-refractivity contribution is 7.47. The smallest absolute Gasteiger partial charge is 0.462 e. The fraction of sp³-hybridized carbons (Fsp3) is 0.941. The second kappa shape index (κ2) is 60.3. The largest absolute Gasteiger partial charge is 0.472 e. The second-order valence-electron chi connectivity index (χ2n) is 25.5. The monoisotopic (exact) mass is 1280 g/mol. The van der Waals surface area contributed by atoms with Crippen molar-refractivity contribution in [2.45, 2.75) is 362 Å². The summed E-state index contributed by atoms with van der Waals surface area (Å²) in [5.41, 5.74) is 0. The number of ether oxygens (including phenoxy) is 4. The van der Waals surface area contributed by atoms with Crippen LogP contribution in [0.15, 0.2) is 0 Å². The van der Waals surface area contributed by atoms with Crippen LogP contribution in [0.2, 0.25) is 0 Å². The number of esters is 4. The van der Waals surface area contributed by atoms with Gasteiger partial charge in [-0.2, -0.15) is 0 Å². The molecule has 87 heavy (non-hydrogen) atoms. The topological polar surface area (TPSA) is 237 Å². The van der Waals surface area contributed by atoms with E-state index >= 15 is 0 Å². The molecule has 17 nitrogen and oxygen atoms in total. The van der Waals surface area contributed by atoms with Crippen molar-refractivity contribution in [1.82, 2.24) is 0 Å². The minimum atomic E-state index is -4.95. The minimum Gasteiger partial charge on any atom is -0.462 e. The van der Waals surface area contributed by atoms with E-state index in [0.717, 1.165) is 108 Å². The summed E-state index contributed by atoms with van der Waals surface area (Å²) in [6.07, 6.45) is 44.8. The van der Waals surface area contributed by atoms with Crippen molar-refractivity contribution in [2.75, 3.05) is 39.6 Å². The molecule has 19 heteroatoms. The lowest BCUT2D eigenvalue weighted by molar-refractivity contribution is -0.161. The van der Waals surface area contributed by atoms with Crippen molar-refractivity contribution >= 4 is 39.5 Å². The van der Waals surface area contributed by atoms with Crippen LogP contribution in [0.1, 0.15) is 343 Å². The number of carbonyl (C=O) groups is 4. The van der Waals surface area contributed by atoms with Gasteiger partial charge in [0.05, 0.1) is 26.4 Å². The number of carbonyl (C=O) groups excluding carboxylic acids is 4. The van der Waals surface area contributed by atoms with Crippen molar-refractivity contribution in [1.29, 1.82) is 0 Å². The van der Waals surface area contributed by atoms with Crippen LogP contribution in [0, 0.1) is 11.8 Å². The van der Waals surface area contributed by atoms with Crippen molar-refractivity contribution in [3.63, 3.8) is 0 Å². The van der Waals surface area contributed by atoms with Crippen LogP contribution in [0.3, 0.4) is 0 Å². The van der Waals surface area contributed by atoms with E-state index < -0.39 is 97.5 Å². The zero-order valence-corrected chi connectivity index (χ0v) is 58.1. The lowest BCUT2D eigenvalue weighted by atomic mass is 10.0. The lowest BCUT2D eigenvalue weighted by Gasteiger charge is -2.21. The van der Waals surface area contributed by atoms with Crippen LogP contribution in [-0.4, -0.2) is 96.7 Å². The quantitative estimate of drug-likeness (QED) is 0.0222. The normalized spacial score (nSPS) is 14.2. The number of aliphatic hydroxyl groups is 1. The maximum atomic E-state index is 13.0. The number of aliphatic hydroxyl groups excluding tert-OH is 1. The van der Waals surface area contributed by atoms with Crippen molar-refractivity contribution in [3.05, 3.63) is 0 Å². The van der Waals surface area contributed by atoms with Gasteiger partial charge in [0.2, 0.25) is 0 Å². The standard InChI is InChI=1S/C68H132O17P2/c1-7-9-11-13-14-15-22-28-34-40-46-52-67(72)84-63(56-78-65(70)50-44-36-12-10-8-2)58-82-86(74,75)80-54-62(69)55-81-87(76,77)83-59-64(57-79-66(71)51-45-39-33-30-25-27-32-38-43-49-61(5)6)85-68(73)53-47-41-35-29-24-21-19-17-16-18-20-23-26-31-37-42-48-60(3)4/h60-64,69H,7-59H2,1-6H3,(H,74,75)(H,76,77)/t62-,63+,64+/m0/s1. The number of hydrogen-bond acceptors (Lipinski definition) is 15. The molecule has 0 saturated carbocycles. The molecule has 3 N–H and O–H groups in total. The first-order valence-corrected chi connectivity index (χ1v) is 38.5. The Hall–Kier alpha value is -1.94. The van der Waals surface area contributed by atoms with E-state index in [2.05, 4.69) is 41.5 Å². The highest BCUT2D eigenvalue weighted by Crippen LogP contribution is 2.45. The predicted molar refractivity (Wildman–Crippen MR) is 349 cm³/mol. The van der Waals surface area contributed by atoms with Gasteiger partial charge in [0.1, 0.15) is 19.3 Å². The van der Waals surface area contributed by atoms with Crippen molar-refractivity contribution in [3.8, 4) is 0 Å². The first kappa shape index (κ1) is 85.1. The molecule has 0 rings (SSSR count). The Kier molecular flexibility index (Phi) is 59.0. The number of hydrogen-bond donors (Lipinski definition) is 3. The molecule has 516 valence electrons. The summed E-state index contributed by atoms with van der Waals surface area (Å²) in [5, 5.41) is 10.5. The summed E-state index contributed by atoms with van der Waals surface area (Å²) < 4.78 is 68.0. The van der Waals surface area contributed by atoms with E-state index in [1.807, 2.05) is 0 Å². The minimum absolute atomic E-state index is 0.106. The van der Waals surface area contributed by atoms with E-state index in [1.165, 1.54) is 154 Å². The van der Waals surface area contributed by atoms with Crippen LogP contribution in [0.5, 0.6) is 0 Å². The van der Waals surface area contributed by atoms with Gasteiger partial charge in [0.25, 0.3) is 0 Å². The molecular formula is C68H132O17P2. The van der Waals surface area contributed by atoms with E-state index in [1.54, 1.807) is 0 Å². The number of rotatable bonds is 67. The first-order valence-electron chi connectivity index (χ1n) is 35.5. The van der Waals surface area contributed by atoms with Gasteiger partial charge in [0, 0.05) is 25.7 Å².